The molecule has 0 bridgehead atoms. The molecule has 134 valence electrons. The van der Waals surface area contributed by atoms with Crippen LogP contribution in [0.2, 0.25) is 0 Å². The van der Waals surface area contributed by atoms with Crippen molar-refractivity contribution in [3.8, 4) is 11.4 Å². The van der Waals surface area contributed by atoms with Gasteiger partial charge < -0.3 is 14.2 Å². The van der Waals surface area contributed by atoms with E-state index in [9.17, 15) is 4.79 Å². The molecular formula is C19H25N3O3. The first-order chi connectivity index (χ1) is 12.3. The summed E-state index contributed by atoms with van der Waals surface area (Å²) < 4.78 is 10.7. The van der Waals surface area contributed by atoms with Crippen LogP contribution in [-0.2, 0) is 16.0 Å². The van der Waals surface area contributed by atoms with Gasteiger partial charge in [-0.25, -0.2) is 0 Å². The minimum atomic E-state index is 0.192. The fraction of sp³-hybridized carbons (Fsp3) is 0.526. The van der Waals surface area contributed by atoms with Gasteiger partial charge >= 0.3 is 0 Å². The Hall–Kier alpha value is -2.21. The molecule has 2 heterocycles. The van der Waals surface area contributed by atoms with E-state index in [2.05, 4.69) is 10.1 Å². The largest absolute Gasteiger partial charge is 0.381 e. The SMILES string of the molecule is CCN(C[C@H]1CCOC1)C(=O)CCCc1nc(-c2ccccc2)no1. The summed E-state index contributed by atoms with van der Waals surface area (Å²) in [6.07, 6.45) is 2.89. The van der Waals surface area contributed by atoms with E-state index in [4.69, 9.17) is 9.26 Å². The summed E-state index contributed by atoms with van der Waals surface area (Å²) in [5.41, 5.74) is 0.935. The Labute approximate surface area is 148 Å². The summed E-state index contributed by atoms with van der Waals surface area (Å²) in [7, 11) is 0. The molecule has 1 aromatic heterocycles. The molecule has 1 saturated heterocycles. The van der Waals surface area contributed by atoms with E-state index in [-0.39, 0.29) is 5.91 Å². The number of nitrogens with zero attached hydrogens (tertiary/aromatic N) is 3. The second-order valence-corrected chi connectivity index (χ2v) is 6.39. The smallest absolute Gasteiger partial charge is 0.226 e. The zero-order valence-electron chi connectivity index (χ0n) is 14.7. The van der Waals surface area contributed by atoms with Crippen molar-refractivity contribution in [2.45, 2.75) is 32.6 Å². The van der Waals surface area contributed by atoms with E-state index in [0.717, 1.165) is 38.3 Å². The van der Waals surface area contributed by atoms with E-state index in [1.807, 2.05) is 42.2 Å². The van der Waals surface area contributed by atoms with E-state index in [1.165, 1.54) is 0 Å². The van der Waals surface area contributed by atoms with Gasteiger partial charge in [0.05, 0.1) is 6.61 Å². The monoisotopic (exact) mass is 343 g/mol. The zero-order valence-corrected chi connectivity index (χ0v) is 14.7. The van der Waals surface area contributed by atoms with Gasteiger partial charge in [0.25, 0.3) is 0 Å². The third-order valence-electron chi connectivity index (χ3n) is 4.52. The molecule has 1 aliphatic heterocycles. The molecule has 0 radical (unpaired) electrons. The normalized spacial score (nSPS) is 16.9. The first-order valence-electron chi connectivity index (χ1n) is 8.99. The van der Waals surface area contributed by atoms with Crippen molar-refractivity contribution in [1.82, 2.24) is 15.0 Å². The molecule has 1 atom stereocenters. The average molecular weight is 343 g/mol. The number of hydrogen-bond acceptors (Lipinski definition) is 5. The van der Waals surface area contributed by atoms with Crippen LogP contribution in [0.25, 0.3) is 11.4 Å². The molecule has 2 aromatic rings. The lowest BCUT2D eigenvalue weighted by molar-refractivity contribution is -0.131. The van der Waals surface area contributed by atoms with Gasteiger partial charge in [0.2, 0.25) is 17.6 Å². The molecule has 3 rings (SSSR count). The van der Waals surface area contributed by atoms with Crippen molar-refractivity contribution < 1.29 is 14.1 Å². The molecular weight excluding hydrogens is 318 g/mol. The lowest BCUT2D eigenvalue weighted by Crippen LogP contribution is -2.35. The maximum Gasteiger partial charge on any atom is 0.226 e. The van der Waals surface area contributed by atoms with Crippen molar-refractivity contribution in [2.24, 2.45) is 5.92 Å². The number of ether oxygens (including phenoxy) is 1. The van der Waals surface area contributed by atoms with Gasteiger partial charge in [-0.15, -0.1) is 0 Å². The number of hydrogen-bond donors (Lipinski definition) is 0. The van der Waals surface area contributed by atoms with Crippen LogP contribution in [0.3, 0.4) is 0 Å². The quantitative estimate of drug-likeness (QED) is 0.737. The van der Waals surface area contributed by atoms with Crippen LogP contribution in [0.5, 0.6) is 0 Å². The second kappa shape index (κ2) is 8.76. The minimum absolute atomic E-state index is 0.192. The molecule has 0 aliphatic carbocycles. The predicted octanol–water partition coefficient (Wildman–Crippen LogP) is 2.94. The lowest BCUT2D eigenvalue weighted by Gasteiger charge is -2.23. The maximum absolute atomic E-state index is 12.4. The maximum atomic E-state index is 12.4. The average Bonchev–Trinajstić information content (AvgIpc) is 3.32. The standard InChI is InChI=1S/C19H25N3O3/c1-2-22(13-15-11-12-24-14-15)18(23)10-6-9-17-20-19(21-25-17)16-7-4-3-5-8-16/h3-5,7-8,15H,2,6,9-14H2,1H3/t15-/m1/s1. The molecule has 0 N–H and O–H groups in total. The second-order valence-electron chi connectivity index (χ2n) is 6.39. The summed E-state index contributed by atoms with van der Waals surface area (Å²) in [6.45, 7) is 5.16. The van der Waals surface area contributed by atoms with Crippen LogP contribution in [0.15, 0.2) is 34.9 Å². The molecule has 1 aromatic carbocycles. The van der Waals surface area contributed by atoms with Gasteiger partial charge in [0.15, 0.2) is 0 Å². The number of benzene rings is 1. The highest BCUT2D eigenvalue weighted by Gasteiger charge is 2.21. The summed E-state index contributed by atoms with van der Waals surface area (Å²) >= 11 is 0. The minimum Gasteiger partial charge on any atom is -0.381 e. The number of rotatable bonds is 8. The molecule has 1 aliphatic rings. The van der Waals surface area contributed by atoms with Crippen molar-refractivity contribution >= 4 is 5.91 Å². The highest BCUT2D eigenvalue weighted by atomic mass is 16.5. The Kier molecular flexibility index (Phi) is 6.17. The molecule has 0 saturated carbocycles. The fourth-order valence-electron chi connectivity index (χ4n) is 3.06. The Bertz CT molecular complexity index is 666. The van der Waals surface area contributed by atoms with E-state index < -0.39 is 0 Å². The summed E-state index contributed by atoms with van der Waals surface area (Å²) in [5, 5.41) is 4.01. The number of aromatic nitrogens is 2. The number of aryl methyl sites for hydroxylation is 1. The van der Waals surface area contributed by atoms with Gasteiger partial charge in [0, 0.05) is 44.0 Å². The molecule has 25 heavy (non-hydrogen) atoms. The highest BCUT2D eigenvalue weighted by Crippen LogP contribution is 2.17. The Morgan fingerprint density at radius 3 is 2.88 bits per heavy atom. The van der Waals surface area contributed by atoms with Crippen LogP contribution >= 0.6 is 0 Å². The topological polar surface area (TPSA) is 68.5 Å². The van der Waals surface area contributed by atoms with Gasteiger partial charge in [-0.2, -0.15) is 4.98 Å². The van der Waals surface area contributed by atoms with Crippen molar-refractivity contribution in [3.63, 3.8) is 0 Å². The highest BCUT2D eigenvalue weighted by molar-refractivity contribution is 5.76. The first-order valence-corrected chi connectivity index (χ1v) is 8.99. The van der Waals surface area contributed by atoms with Gasteiger partial charge in [-0.1, -0.05) is 35.5 Å². The van der Waals surface area contributed by atoms with Gasteiger partial charge in [-0.3, -0.25) is 4.79 Å². The third-order valence-corrected chi connectivity index (χ3v) is 4.52. The molecule has 1 fully saturated rings. The van der Waals surface area contributed by atoms with E-state index in [1.54, 1.807) is 0 Å². The Balaban J connectivity index is 1.45. The van der Waals surface area contributed by atoms with Crippen molar-refractivity contribution in [2.75, 3.05) is 26.3 Å². The van der Waals surface area contributed by atoms with Crippen LogP contribution in [0.1, 0.15) is 32.1 Å². The van der Waals surface area contributed by atoms with Crippen LogP contribution < -0.4 is 0 Å². The number of carbonyl (C=O) groups is 1. The van der Waals surface area contributed by atoms with E-state index in [0.29, 0.717) is 36.9 Å². The number of amides is 1. The fourth-order valence-corrected chi connectivity index (χ4v) is 3.06. The summed E-state index contributed by atoms with van der Waals surface area (Å²) in [5.74, 6) is 1.85. The Morgan fingerprint density at radius 1 is 1.32 bits per heavy atom. The lowest BCUT2D eigenvalue weighted by atomic mass is 10.1. The molecule has 0 unspecified atom stereocenters. The predicted molar refractivity (Wildman–Crippen MR) is 93.9 cm³/mol. The van der Waals surface area contributed by atoms with Crippen LogP contribution in [0.4, 0.5) is 0 Å². The van der Waals surface area contributed by atoms with Gasteiger partial charge in [-0.05, 0) is 19.8 Å². The molecule has 1 amide bonds. The van der Waals surface area contributed by atoms with Gasteiger partial charge in [0.1, 0.15) is 0 Å². The summed E-state index contributed by atoms with van der Waals surface area (Å²) in [6, 6.07) is 9.73. The molecule has 6 heteroatoms. The summed E-state index contributed by atoms with van der Waals surface area (Å²) in [4.78, 5) is 18.7. The van der Waals surface area contributed by atoms with Crippen molar-refractivity contribution in [3.05, 3.63) is 36.2 Å². The van der Waals surface area contributed by atoms with Crippen molar-refractivity contribution in [1.29, 1.82) is 0 Å². The first kappa shape index (κ1) is 17.6. The zero-order chi connectivity index (χ0) is 17.5. The van der Waals surface area contributed by atoms with E-state index >= 15 is 0 Å². The third kappa shape index (κ3) is 4.89. The Morgan fingerprint density at radius 2 is 2.16 bits per heavy atom. The molecule has 6 nitrogen and oxygen atoms in total. The number of carbonyl (C=O) groups excluding carboxylic acids is 1. The van der Waals surface area contributed by atoms with Crippen LogP contribution in [-0.4, -0.2) is 47.3 Å². The van der Waals surface area contributed by atoms with Crippen LogP contribution in [0, 0.1) is 5.92 Å². The molecule has 0 spiro atoms.